The van der Waals surface area contributed by atoms with Crippen LogP contribution in [0, 0.1) is 27.2 Å². The van der Waals surface area contributed by atoms with Gasteiger partial charge in [-0.05, 0) is 106 Å². The zero-order valence-corrected chi connectivity index (χ0v) is 40.6. The van der Waals surface area contributed by atoms with Crippen LogP contribution in [0.3, 0.4) is 0 Å². The second-order valence-electron chi connectivity index (χ2n) is 16.8. The number of alkyl halides is 12. The third-order valence-corrected chi connectivity index (χ3v) is 11.4. The fourth-order valence-corrected chi connectivity index (χ4v) is 7.25. The summed E-state index contributed by atoms with van der Waals surface area (Å²) in [5, 5.41) is 51.2. The zero-order chi connectivity index (χ0) is 56.6. The number of nitrogens with one attached hydrogen (secondary N) is 1. The molecule has 29 heteroatoms. The molecule has 6 heterocycles. The molecule has 416 valence electrons. The molecular formula is C47H49ClF12N8O8. The SMILES string of the molecule is Cc1cc(OC2CCN(c3ccc(C(F)(F)F)cn3)CC2)ccc1[N+](=O)[O-].FC(F)(F)c1ccc(Cl)nc1.O=[N+]([O-])c1ccc(O)cc1C(F)(F)F.OC1CCN(c2ccc(C(F)(F)F)cn2)CC1.OC1CCNCC1. The van der Waals surface area contributed by atoms with E-state index in [1.165, 1.54) is 18.2 Å². The summed E-state index contributed by atoms with van der Waals surface area (Å²) in [6.45, 7) is 6.09. The number of nitrogens with zero attached hydrogens (tertiary/aromatic N) is 7. The average Bonchev–Trinajstić information content (AvgIpc) is 3.34. The lowest BCUT2D eigenvalue weighted by atomic mass is 10.1. The van der Waals surface area contributed by atoms with Gasteiger partial charge in [0.15, 0.2) is 0 Å². The highest BCUT2D eigenvalue weighted by Gasteiger charge is 2.39. The van der Waals surface area contributed by atoms with E-state index in [1.54, 1.807) is 19.1 Å². The Morgan fingerprint density at radius 1 is 0.592 bits per heavy atom. The summed E-state index contributed by atoms with van der Waals surface area (Å²) < 4.78 is 153. The fraction of sp³-hybridized carbons (Fsp3) is 0.426. The van der Waals surface area contributed by atoms with Crippen molar-refractivity contribution >= 4 is 34.6 Å². The van der Waals surface area contributed by atoms with Crippen molar-refractivity contribution in [1.82, 2.24) is 20.3 Å². The van der Waals surface area contributed by atoms with Crippen molar-refractivity contribution in [1.29, 1.82) is 0 Å². The highest BCUT2D eigenvalue weighted by molar-refractivity contribution is 6.29. The Balaban J connectivity index is 0.000000220. The van der Waals surface area contributed by atoms with Crippen molar-refractivity contribution in [3.05, 3.63) is 145 Å². The summed E-state index contributed by atoms with van der Waals surface area (Å²) in [4.78, 5) is 34.3. The Hall–Kier alpha value is -6.78. The van der Waals surface area contributed by atoms with Crippen LogP contribution in [0.15, 0.2) is 91.4 Å². The Bertz CT molecular complexity index is 2610. The number of hydrogen-bond acceptors (Lipinski definition) is 14. The van der Waals surface area contributed by atoms with E-state index in [0.29, 0.717) is 93.1 Å². The topological polar surface area (TPSA) is 213 Å². The van der Waals surface area contributed by atoms with Gasteiger partial charge in [0.05, 0.1) is 38.7 Å². The van der Waals surface area contributed by atoms with E-state index < -0.39 is 68.2 Å². The number of piperidine rings is 3. The number of rotatable bonds is 6. The first kappa shape index (κ1) is 61.8. The third kappa shape index (κ3) is 20.1. The number of nitro benzene ring substituents is 2. The normalized spacial score (nSPS) is 15.8. The Morgan fingerprint density at radius 2 is 1.03 bits per heavy atom. The molecule has 0 spiro atoms. The molecule has 16 nitrogen and oxygen atoms in total. The number of benzene rings is 2. The highest BCUT2D eigenvalue weighted by atomic mass is 35.5. The molecule has 76 heavy (non-hydrogen) atoms. The van der Waals surface area contributed by atoms with Crippen LogP contribution in [0.2, 0.25) is 5.15 Å². The number of aromatic hydroxyl groups is 1. The van der Waals surface area contributed by atoms with Crippen LogP contribution in [0.5, 0.6) is 11.5 Å². The van der Waals surface area contributed by atoms with Crippen LogP contribution in [0.25, 0.3) is 0 Å². The number of pyridine rings is 3. The molecule has 2 aromatic carbocycles. The molecule has 3 aliphatic heterocycles. The van der Waals surface area contributed by atoms with E-state index in [9.17, 15) is 78.0 Å². The van der Waals surface area contributed by atoms with Crippen molar-refractivity contribution in [2.24, 2.45) is 0 Å². The third-order valence-electron chi connectivity index (χ3n) is 11.2. The molecule has 3 fully saturated rings. The van der Waals surface area contributed by atoms with E-state index >= 15 is 0 Å². The van der Waals surface area contributed by atoms with Crippen LogP contribution < -0.4 is 19.9 Å². The van der Waals surface area contributed by atoms with E-state index in [2.05, 4.69) is 20.3 Å². The van der Waals surface area contributed by atoms with Gasteiger partial charge in [0.25, 0.3) is 11.4 Å². The number of aliphatic hydroxyl groups is 2. The summed E-state index contributed by atoms with van der Waals surface area (Å²) in [6.07, 6.45) is -11.4. The van der Waals surface area contributed by atoms with Crippen molar-refractivity contribution in [3.8, 4) is 11.5 Å². The van der Waals surface area contributed by atoms with E-state index in [0.717, 1.165) is 68.7 Å². The number of nitro groups is 2. The van der Waals surface area contributed by atoms with Crippen LogP contribution >= 0.6 is 11.6 Å². The van der Waals surface area contributed by atoms with Gasteiger partial charge in [0, 0.05) is 75.3 Å². The monoisotopic (exact) mass is 1120 g/mol. The number of phenolic OH excluding ortho intramolecular Hbond substituents is 1. The number of hydrogen-bond donors (Lipinski definition) is 4. The Morgan fingerprint density at radius 3 is 1.39 bits per heavy atom. The van der Waals surface area contributed by atoms with Crippen molar-refractivity contribution < 1.29 is 82.6 Å². The molecule has 3 saturated heterocycles. The molecule has 0 aliphatic carbocycles. The first-order valence-electron chi connectivity index (χ1n) is 22.7. The van der Waals surface area contributed by atoms with Gasteiger partial charge in [-0.15, -0.1) is 0 Å². The minimum absolute atomic E-state index is 0.0266. The summed E-state index contributed by atoms with van der Waals surface area (Å²) in [5.74, 6) is 0.949. The van der Waals surface area contributed by atoms with Crippen molar-refractivity contribution in [2.45, 2.75) is 88.5 Å². The molecule has 3 aromatic heterocycles. The Kier molecular flexibility index (Phi) is 22.2. The number of phenols is 1. The molecule has 0 unspecified atom stereocenters. The number of ether oxygens (including phenoxy) is 1. The highest BCUT2D eigenvalue weighted by Crippen LogP contribution is 2.38. The van der Waals surface area contributed by atoms with Crippen LogP contribution in [-0.4, -0.2) is 97.7 Å². The Labute approximate surface area is 430 Å². The summed E-state index contributed by atoms with van der Waals surface area (Å²) in [7, 11) is 0. The van der Waals surface area contributed by atoms with E-state index in [-0.39, 0.29) is 29.2 Å². The predicted octanol–water partition coefficient (Wildman–Crippen LogP) is 11.2. The summed E-state index contributed by atoms with van der Waals surface area (Å²) in [5.41, 5.74) is -4.24. The molecule has 4 N–H and O–H groups in total. The van der Waals surface area contributed by atoms with Gasteiger partial charge in [0.2, 0.25) is 0 Å². The molecule has 5 aromatic rings. The second kappa shape index (κ2) is 27.3. The molecule has 0 atom stereocenters. The van der Waals surface area contributed by atoms with Crippen molar-refractivity contribution in [3.63, 3.8) is 0 Å². The molecular weight excluding hydrogens is 1070 g/mol. The smallest absolute Gasteiger partial charge is 0.423 e. The van der Waals surface area contributed by atoms with E-state index in [4.69, 9.17) is 26.6 Å². The predicted molar refractivity (Wildman–Crippen MR) is 252 cm³/mol. The van der Waals surface area contributed by atoms with Gasteiger partial charge in [-0.2, -0.15) is 52.7 Å². The van der Waals surface area contributed by atoms with Gasteiger partial charge in [-0.25, -0.2) is 15.0 Å². The minimum Gasteiger partial charge on any atom is -0.508 e. The summed E-state index contributed by atoms with van der Waals surface area (Å²) in [6, 6.07) is 13.2. The quantitative estimate of drug-likeness (QED) is 0.0539. The fourth-order valence-electron chi connectivity index (χ4n) is 7.14. The maximum atomic E-state index is 12.6. The van der Waals surface area contributed by atoms with Gasteiger partial charge in [-0.3, -0.25) is 20.2 Å². The number of aryl methyl sites for hydroxylation is 1. The largest absolute Gasteiger partial charge is 0.508 e. The molecule has 0 saturated carbocycles. The van der Waals surface area contributed by atoms with E-state index in [1.807, 2.05) is 9.80 Å². The van der Waals surface area contributed by atoms with Crippen LogP contribution in [0.4, 0.5) is 75.7 Å². The standard InChI is InChI=1S/C18H18F3N3O3.C11H13F3N2O.C7H4F3NO3.C6H3ClF3N.C5H11NO/c1-12-10-15(3-4-16(12)24(25)26)27-14-6-8-23(9-7-14)17-5-2-13(11-22-17)18(19,20)21;12-11(13,14)8-1-2-10(15-7-8)16-5-3-9(17)4-6-16;8-7(9,10)5-3-4(12)1-2-6(5)11(13)14;7-5-2-1-4(3-11-5)6(8,9)10;7-5-1-3-6-4-2-5/h2-5,10-11,14H,6-9H2,1H3;1-2,7,9,17H,3-6H2;1-3,12H;1-3H;5-7H,1-4H2. The van der Waals surface area contributed by atoms with Gasteiger partial charge < -0.3 is 35.2 Å². The van der Waals surface area contributed by atoms with Crippen molar-refractivity contribution in [2.75, 3.05) is 49.1 Å². The molecule has 3 aliphatic rings. The maximum Gasteiger partial charge on any atom is 0.423 e. The first-order valence-corrected chi connectivity index (χ1v) is 23.1. The number of aromatic nitrogens is 3. The first-order chi connectivity index (χ1) is 35.4. The van der Waals surface area contributed by atoms with Crippen LogP contribution in [-0.2, 0) is 24.7 Å². The lowest BCUT2D eigenvalue weighted by Gasteiger charge is -2.33. The molecule has 0 bridgehead atoms. The lowest BCUT2D eigenvalue weighted by molar-refractivity contribution is -0.388. The van der Waals surface area contributed by atoms with Gasteiger partial charge in [-0.1, -0.05) is 11.6 Å². The molecule has 0 amide bonds. The molecule has 0 radical (unpaired) electrons. The number of aliphatic hydroxyl groups excluding tert-OH is 2. The minimum atomic E-state index is -4.85. The van der Waals surface area contributed by atoms with Gasteiger partial charge >= 0.3 is 24.7 Å². The maximum absolute atomic E-state index is 12.6. The molecule has 8 rings (SSSR count). The summed E-state index contributed by atoms with van der Waals surface area (Å²) >= 11 is 5.28. The zero-order valence-electron chi connectivity index (χ0n) is 39.8. The van der Waals surface area contributed by atoms with Gasteiger partial charge in [0.1, 0.15) is 40.0 Å². The number of halogens is 13. The second-order valence-corrected chi connectivity index (χ2v) is 17.2. The number of anilines is 2. The lowest BCUT2D eigenvalue weighted by Crippen LogP contribution is -2.38. The average molecular weight is 1120 g/mol. The van der Waals surface area contributed by atoms with Crippen LogP contribution in [0.1, 0.15) is 66.3 Å².